The second-order valence-corrected chi connectivity index (χ2v) is 6.38. The van der Waals surface area contributed by atoms with Crippen LogP contribution in [0.1, 0.15) is 58.1 Å². The zero-order valence-electron chi connectivity index (χ0n) is 14.8. The van der Waals surface area contributed by atoms with Gasteiger partial charge in [-0.25, -0.2) is 5.43 Å². The Balaban J connectivity index is 0.00000100. The van der Waals surface area contributed by atoms with Crippen molar-refractivity contribution in [1.82, 2.24) is 15.8 Å². The number of hydrazine groups is 1. The minimum Gasteiger partial charge on any atom is -0.349 e. The van der Waals surface area contributed by atoms with Gasteiger partial charge in [0, 0.05) is 11.6 Å². The fourth-order valence-electron chi connectivity index (χ4n) is 3.08. The van der Waals surface area contributed by atoms with Crippen molar-refractivity contribution in [3.8, 4) is 0 Å². The lowest BCUT2D eigenvalue weighted by molar-refractivity contribution is -0.122. The van der Waals surface area contributed by atoms with E-state index in [1.54, 1.807) is 0 Å². The van der Waals surface area contributed by atoms with E-state index in [9.17, 15) is 4.79 Å². The number of fused-ring (bicyclic) bond motifs is 1. The predicted octanol–water partition coefficient (Wildman–Crippen LogP) is 4.19. The van der Waals surface area contributed by atoms with Gasteiger partial charge >= 0.3 is 0 Å². The van der Waals surface area contributed by atoms with E-state index in [1.807, 2.05) is 44.2 Å². The summed E-state index contributed by atoms with van der Waals surface area (Å²) >= 11 is 5.95. The zero-order chi connectivity index (χ0) is 17.5. The molecule has 0 radical (unpaired) electrons. The van der Waals surface area contributed by atoms with Crippen LogP contribution in [-0.2, 0) is 4.79 Å². The van der Waals surface area contributed by atoms with Crippen LogP contribution in [0.3, 0.4) is 0 Å². The number of hydrogen-bond donors (Lipinski definition) is 2. The van der Waals surface area contributed by atoms with Crippen LogP contribution in [0.15, 0.2) is 36.0 Å². The van der Waals surface area contributed by atoms with E-state index < -0.39 is 0 Å². The molecule has 1 fully saturated rings. The lowest BCUT2D eigenvalue weighted by Crippen LogP contribution is -2.55. The van der Waals surface area contributed by atoms with Crippen LogP contribution in [0.5, 0.6) is 0 Å². The number of nitrogens with one attached hydrogen (secondary N) is 2. The molecule has 0 bridgehead atoms. The van der Waals surface area contributed by atoms with E-state index in [2.05, 4.69) is 22.7 Å². The normalized spacial score (nSPS) is 22.2. The van der Waals surface area contributed by atoms with E-state index in [0.717, 1.165) is 22.7 Å². The van der Waals surface area contributed by atoms with Gasteiger partial charge in [0.2, 0.25) is 0 Å². The maximum atomic E-state index is 12.1. The summed E-state index contributed by atoms with van der Waals surface area (Å²) in [6.07, 6.45) is 6.73. The van der Waals surface area contributed by atoms with Crippen LogP contribution < -0.4 is 10.7 Å². The molecule has 1 aromatic carbocycles. The van der Waals surface area contributed by atoms with Crippen molar-refractivity contribution in [1.29, 1.82) is 0 Å². The van der Waals surface area contributed by atoms with Crippen LogP contribution >= 0.6 is 11.6 Å². The summed E-state index contributed by atoms with van der Waals surface area (Å²) in [6, 6.07) is 8.12. The number of carbonyl (C=O) groups excluding carboxylic acids is 1. The summed E-state index contributed by atoms with van der Waals surface area (Å²) in [5, 5.41) is 5.79. The van der Waals surface area contributed by atoms with Crippen molar-refractivity contribution in [2.75, 3.05) is 6.54 Å². The maximum absolute atomic E-state index is 12.1. The summed E-state index contributed by atoms with van der Waals surface area (Å²) < 4.78 is 0. The largest absolute Gasteiger partial charge is 0.349 e. The molecule has 2 N–H and O–H groups in total. The van der Waals surface area contributed by atoms with Gasteiger partial charge in [-0.15, -0.1) is 0 Å². The summed E-state index contributed by atoms with van der Waals surface area (Å²) in [4.78, 5) is 12.1. The highest BCUT2D eigenvalue weighted by Gasteiger charge is 2.36. The number of carbonyl (C=O) groups is 1. The van der Waals surface area contributed by atoms with Gasteiger partial charge in [0.25, 0.3) is 5.91 Å². The molecule has 24 heavy (non-hydrogen) atoms. The molecule has 2 unspecified atom stereocenters. The number of halogens is 1. The van der Waals surface area contributed by atoms with Crippen LogP contribution in [0.2, 0.25) is 5.02 Å². The van der Waals surface area contributed by atoms with Gasteiger partial charge in [-0.3, -0.25) is 9.80 Å². The van der Waals surface area contributed by atoms with Gasteiger partial charge in [-0.2, -0.15) is 0 Å². The summed E-state index contributed by atoms with van der Waals surface area (Å²) in [6.45, 7) is 6.92. The number of hydrogen-bond acceptors (Lipinski definition) is 3. The van der Waals surface area contributed by atoms with Gasteiger partial charge < -0.3 is 5.32 Å². The first kappa shape index (κ1) is 18.8. The van der Waals surface area contributed by atoms with Crippen molar-refractivity contribution in [2.24, 2.45) is 0 Å². The quantitative estimate of drug-likeness (QED) is 0.783. The average molecular weight is 350 g/mol. The highest BCUT2D eigenvalue weighted by Crippen LogP contribution is 2.29. The molecule has 132 valence electrons. The Labute approximate surface area is 150 Å². The van der Waals surface area contributed by atoms with Crippen molar-refractivity contribution in [3.05, 3.63) is 46.6 Å². The van der Waals surface area contributed by atoms with E-state index in [1.165, 1.54) is 19.3 Å². The number of unbranched alkanes of at least 4 members (excludes halogenated alkanes) is 2. The second-order valence-electron chi connectivity index (χ2n) is 5.94. The van der Waals surface area contributed by atoms with E-state index in [-0.39, 0.29) is 11.9 Å². The molecular weight excluding hydrogens is 322 g/mol. The molecule has 0 spiro atoms. The molecule has 0 aliphatic carbocycles. The maximum Gasteiger partial charge on any atom is 0.268 e. The third kappa shape index (κ3) is 4.31. The van der Waals surface area contributed by atoms with Crippen LogP contribution in [-0.4, -0.2) is 23.5 Å². The molecule has 2 aliphatic heterocycles. The summed E-state index contributed by atoms with van der Waals surface area (Å²) in [5.41, 5.74) is 5.33. The number of nitrogens with zero attached hydrogens (tertiary/aromatic N) is 1. The molecule has 0 saturated carbocycles. The number of piperazine rings is 1. The molecule has 2 atom stereocenters. The highest BCUT2D eigenvalue weighted by molar-refractivity contribution is 6.30. The first-order valence-electron chi connectivity index (χ1n) is 9.00. The number of amides is 1. The van der Waals surface area contributed by atoms with E-state index in [0.29, 0.717) is 12.6 Å². The molecule has 2 heterocycles. The van der Waals surface area contributed by atoms with Crippen molar-refractivity contribution in [2.45, 2.75) is 58.5 Å². The summed E-state index contributed by atoms with van der Waals surface area (Å²) in [5.74, 6) is 0.00991. The van der Waals surface area contributed by atoms with Gasteiger partial charge in [0.1, 0.15) is 5.70 Å². The Kier molecular flexibility index (Phi) is 7.13. The molecule has 1 saturated heterocycles. The fraction of sp³-hybridized carbons (Fsp3) is 0.526. The highest BCUT2D eigenvalue weighted by atomic mass is 35.5. The van der Waals surface area contributed by atoms with Crippen LogP contribution in [0.25, 0.3) is 0 Å². The first-order valence-corrected chi connectivity index (χ1v) is 9.37. The van der Waals surface area contributed by atoms with Gasteiger partial charge in [-0.05, 0) is 30.2 Å². The lowest BCUT2D eigenvalue weighted by Gasteiger charge is -2.36. The molecule has 1 amide bonds. The standard InChI is InChI=1S/C17H22ClN3O.C2H6/c1-2-3-4-5-14-11-19-17(22)16-10-15(20-21(14)16)12-6-8-13(18)9-7-12;1-2/h6-10,14-15,20H,2-5,11H2,1H3,(H,19,22);1-2H3. The number of benzene rings is 1. The molecule has 1 aromatic rings. The van der Waals surface area contributed by atoms with Crippen LogP contribution in [0.4, 0.5) is 0 Å². The Hall–Kier alpha value is -1.52. The minimum atomic E-state index is 0.00991. The fourth-order valence-corrected chi connectivity index (χ4v) is 3.20. The summed E-state index contributed by atoms with van der Waals surface area (Å²) in [7, 11) is 0. The van der Waals surface area contributed by atoms with Gasteiger partial charge in [0.05, 0.1) is 12.1 Å². The predicted molar refractivity (Wildman–Crippen MR) is 99.5 cm³/mol. The van der Waals surface area contributed by atoms with Crippen molar-refractivity contribution >= 4 is 17.5 Å². The Morgan fingerprint density at radius 2 is 1.92 bits per heavy atom. The van der Waals surface area contributed by atoms with Gasteiger partial charge in [-0.1, -0.05) is 63.8 Å². The Bertz CT molecular complexity index is 570. The first-order chi connectivity index (χ1) is 11.7. The third-order valence-corrected chi connectivity index (χ3v) is 4.58. The second kappa shape index (κ2) is 9.09. The average Bonchev–Trinajstić information content (AvgIpc) is 3.06. The van der Waals surface area contributed by atoms with Crippen molar-refractivity contribution in [3.63, 3.8) is 0 Å². The Morgan fingerprint density at radius 1 is 1.21 bits per heavy atom. The monoisotopic (exact) mass is 349 g/mol. The minimum absolute atomic E-state index is 0.00991. The molecule has 5 heteroatoms. The van der Waals surface area contributed by atoms with E-state index >= 15 is 0 Å². The lowest BCUT2D eigenvalue weighted by atomic mass is 10.0. The smallest absolute Gasteiger partial charge is 0.268 e. The topological polar surface area (TPSA) is 44.4 Å². The molecule has 3 rings (SSSR count). The third-order valence-electron chi connectivity index (χ3n) is 4.33. The molecule has 2 aliphatic rings. The van der Waals surface area contributed by atoms with Gasteiger partial charge in [0.15, 0.2) is 0 Å². The Morgan fingerprint density at radius 3 is 2.58 bits per heavy atom. The number of rotatable bonds is 5. The van der Waals surface area contributed by atoms with E-state index in [4.69, 9.17) is 11.6 Å². The molecular formula is C19H28ClN3O. The molecule has 0 aromatic heterocycles. The zero-order valence-corrected chi connectivity index (χ0v) is 15.6. The SMILES string of the molecule is CC.CCCCCC1CNC(=O)C2=CC(c3ccc(Cl)cc3)NN21. The van der Waals surface area contributed by atoms with Crippen molar-refractivity contribution < 1.29 is 4.79 Å². The van der Waals surface area contributed by atoms with Crippen LogP contribution in [0, 0.1) is 0 Å². The molecule has 4 nitrogen and oxygen atoms in total.